The number of hydrogen-bond donors (Lipinski definition) is 2. The third-order valence-electron chi connectivity index (χ3n) is 1.33. The molecule has 0 saturated heterocycles. The monoisotopic (exact) mass is 228 g/mol. The van der Waals surface area contributed by atoms with Gasteiger partial charge in [-0.3, -0.25) is 4.21 Å². The normalized spacial score (nSPS) is 14.3. The summed E-state index contributed by atoms with van der Waals surface area (Å²) >= 11 is 0. The summed E-state index contributed by atoms with van der Waals surface area (Å²) in [5, 5.41) is 0. The highest BCUT2D eigenvalue weighted by molar-refractivity contribution is 7.89. The highest BCUT2D eigenvalue weighted by Crippen LogP contribution is 1.87. The van der Waals surface area contributed by atoms with Crippen molar-refractivity contribution in [3.8, 4) is 0 Å². The molecule has 0 aromatic carbocycles. The first-order valence-electron chi connectivity index (χ1n) is 3.95. The number of hydrogen-bond acceptors (Lipinski definition) is 4. The summed E-state index contributed by atoms with van der Waals surface area (Å²) in [6, 6.07) is 0. The summed E-state index contributed by atoms with van der Waals surface area (Å²) < 4.78 is 35.2. The summed E-state index contributed by atoms with van der Waals surface area (Å²) in [5.41, 5.74) is 5.17. The molecule has 3 N–H and O–H groups in total. The molecule has 0 aliphatic carbocycles. The Balaban J connectivity index is 3.70. The van der Waals surface area contributed by atoms with Crippen LogP contribution in [0.5, 0.6) is 0 Å². The average Bonchev–Trinajstić information content (AvgIpc) is 2.00. The molecule has 1 atom stereocenters. The van der Waals surface area contributed by atoms with Crippen LogP contribution >= 0.6 is 0 Å². The van der Waals surface area contributed by atoms with Crippen molar-refractivity contribution in [2.75, 3.05) is 30.9 Å². The van der Waals surface area contributed by atoms with Crippen LogP contribution < -0.4 is 10.5 Å². The van der Waals surface area contributed by atoms with Crippen molar-refractivity contribution >= 4 is 20.8 Å². The Labute approximate surface area is 81.6 Å². The van der Waals surface area contributed by atoms with Crippen LogP contribution in [-0.4, -0.2) is 43.5 Å². The number of nitrogens with one attached hydrogen (secondary N) is 1. The zero-order chi connectivity index (χ0) is 10.3. The lowest BCUT2D eigenvalue weighted by atomic mass is 10.5. The molecule has 0 bridgehead atoms. The molecule has 0 aromatic heterocycles. The average molecular weight is 228 g/mol. The van der Waals surface area contributed by atoms with Crippen LogP contribution in [0.15, 0.2) is 0 Å². The molecule has 0 aromatic rings. The molecule has 0 radical (unpaired) electrons. The lowest BCUT2D eigenvalue weighted by Crippen LogP contribution is -2.30. The second kappa shape index (κ2) is 6.47. The van der Waals surface area contributed by atoms with Crippen molar-refractivity contribution in [2.45, 2.75) is 6.42 Å². The summed E-state index contributed by atoms with van der Waals surface area (Å²) in [5.74, 6) is 0.391. The Kier molecular flexibility index (Phi) is 6.48. The molecular formula is C6H16N2O3S2. The first-order chi connectivity index (χ1) is 5.98. The summed E-state index contributed by atoms with van der Waals surface area (Å²) in [4.78, 5) is 0. The number of nitrogens with two attached hydrogens (primary N) is 1. The molecule has 0 spiro atoms. The van der Waals surface area contributed by atoms with Gasteiger partial charge in [-0.15, -0.1) is 0 Å². The minimum Gasteiger partial charge on any atom is -0.330 e. The van der Waals surface area contributed by atoms with Crippen molar-refractivity contribution in [2.24, 2.45) is 5.73 Å². The first-order valence-corrected chi connectivity index (χ1v) is 7.33. The van der Waals surface area contributed by atoms with E-state index in [-0.39, 0.29) is 12.3 Å². The predicted octanol–water partition coefficient (Wildman–Crippen LogP) is -1.37. The highest BCUT2D eigenvalue weighted by Gasteiger charge is 2.07. The van der Waals surface area contributed by atoms with Gasteiger partial charge in [0.2, 0.25) is 10.0 Å². The van der Waals surface area contributed by atoms with Crippen LogP contribution in [0.25, 0.3) is 0 Å². The van der Waals surface area contributed by atoms with E-state index in [0.717, 1.165) is 0 Å². The Morgan fingerprint density at radius 2 is 2.08 bits per heavy atom. The van der Waals surface area contributed by atoms with Gasteiger partial charge < -0.3 is 5.73 Å². The molecule has 0 aliphatic heterocycles. The fourth-order valence-corrected chi connectivity index (χ4v) is 2.31. The molecule has 7 heteroatoms. The summed E-state index contributed by atoms with van der Waals surface area (Å²) in [6.07, 6.45) is 1.98. The second-order valence-electron chi connectivity index (χ2n) is 2.63. The lowest BCUT2D eigenvalue weighted by molar-refractivity contribution is 0.581. The van der Waals surface area contributed by atoms with E-state index in [9.17, 15) is 12.6 Å². The van der Waals surface area contributed by atoms with Gasteiger partial charge in [0.25, 0.3) is 0 Å². The van der Waals surface area contributed by atoms with Crippen molar-refractivity contribution in [1.82, 2.24) is 4.72 Å². The molecular weight excluding hydrogens is 212 g/mol. The van der Waals surface area contributed by atoms with Crippen molar-refractivity contribution < 1.29 is 12.6 Å². The maximum Gasteiger partial charge on any atom is 0.211 e. The van der Waals surface area contributed by atoms with Crippen LogP contribution in [0.3, 0.4) is 0 Å². The van der Waals surface area contributed by atoms with Crippen LogP contribution in [0.4, 0.5) is 0 Å². The molecule has 0 fully saturated rings. The fraction of sp³-hybridized carbons (Fsp3) is 1.00. The Hall–Kier alpha value is 0.0200. The largest absolute Gasteiger partial charge is 0.330 e. The predicted molar refractivity (Wildman–Crippen MR) is 54.4 cm³/mol. The highest BCUT2D eigenvalue weighted by atomic mass is 32.2. The molecule has 1 unspecified atom stereocenters. The van der Waals surface area contributed by atoms with E-state index in [1.807, 2.05) is 0 Å². The van der Waals surface area contributed by atoms with Crippen molar-refractivity contribution in [3.63, 3.8) is 0 Å². The Morgan fingerprint density at radius 1 is 1.46 bits per heavy atom. The third kappa shape index (κ3) is 8.35. The Morgan fingerprint density at radius 3 is 2.54 bits per heavy atom. The molecule has 0 saturated carbocycles. The van der Waals surface area contributed by atoms with Gasteiger partial charge in [0.05, 0.1) is 5.75 Å². The topological polar surface area (TPSA) is 89.3 Å². The van der Waals surface area contributed by atoms with Gasteiger partial charge in [0.1, 0.15) is 0 Å². The minimum atomic E-state index is -3.20. The van der Waals surface area contributed by atoms with E-state index < -0.39 is 20.8 Å². The maximum atomic E-state index is 11.1. The van der Waals surface area contributed by atoms with E-state index in [1.54, 1.807) is 0 Å². The van der Waals surface area contributed by atoms with E-state index in [2.05, 4.69) is 4.72 Å². The molecule has 0 heterocycles. The standard InChI is InChI=1S/C6H16N2O3S2/c1-12(9)5-4-8-13(10,11)6-2-3-7/h8H,2-7H2,1H3. The zero-order valence-electron chi connectivity index (χ0n) is 7.65. The van der Waals surface area contributed by atoms with E-state index in [0.29, 0.717) is 18.7 Å². The molecule has 0 rings (SSSR count). The van der Waals surface area contributed by atoms with Crippen molar-refractivity contribution in [1.29, 1.82) is 0 Å². The molecule has 13 heavy (non-hydrogen) atoms. The number of rotatable bonds is 7. The first kappa shape index (κ1) is 13.0. The SMILES string of the molecule is CS(=O)CCNS(=O)(=O)CCCN. The van der Waals surface area contributed by atoms with E-state index >= 15 is 0 Å². The van der Waals surface area contributed by atoms with Gasteiger partial charge in [-0.1, -0.05) is 0 Å². The quantitative estimate of drug-likeness (QED) is 0.563. The van der Waals surface area contributed by atoms with Gasteiger partial charge >= 0.3 is 0 Å². The van der Waals surface area contributed by atoms with Crippen LogP contribution in [0, 0.1) is 0 Å². The van der Waals surface area contributed by atoms with Gasteiger partial charge in [-0.2, -0.15) is 0 Å². The zero-order valence-corrected chi connectivity index (χ0v) is 9.29. The molecule has 80 valence electrons. The van der Waals surface area contributed by atoms with E-state index in [4.69, 9.17) is 5.73 Å². The molecule has 0 amide bonds. The molecule has 0 aliphatic rings. The number of sulfonamides is 1. The lowest BCUT2D eigenvalue weighted by Gasteiger charge is -2.04. The Bertz CT molecular complexity index is 251. The van der Waals surface area contributed by atoms with Crippen LogP contribution in [-0.2, 0) is 20.8 Å². The van der Waals surface area contributed by atoms with Gasteiger partial charge in [0, 0.05) is 29.4 Å². The van der Waals surface area contributed by atoms with Crippen LogP contribution in [0.1, 0.15) is 6.42 Å². The van der Waals surface area contributed by atoms with Crippen molar-refractivity contribution in [3.05, 3.63) is 0 Å². The minimum absolute atomic E-state index is 0.0415. The van der Waals surface area contributed by atoms with Gasteiger partial charge in [-0.05, 0) is 13.0 Å². The second-order valence-corrected chi connectivity index (χ2v) is 6.11. The summed E-state index contributed by atoms with van der Waals surface area (Å²) in [6.45, 7) is 0.594. The third-order valence-corrected chi connectivity index (χ3v) is 3.58. The van der Waals surface area contributed by atoms with Crippen LogP contribution in [0.2, 0.25) is 0 Å². The molecule has 5 nitrogen and oxygen atoms in total. The maximum absolute atomic E-state index is 11.1. The van der Waals surface area contributed by atoms with Gasteiger partial charge in [-0.25, -0.2) is 13.1 Å². The fourth-order valence-electron chi connectivity index (χ4n) is 0.686. The van der Waals surface area contributed by atoms with Gasteiger partial charge in [0.15, 0.2) is 0 Å². The van der Waals surface area contributed by atoms with E-state index in [1.165, 1.54) is 6.26 Å². The smallest absolute Gasteiger partial charge is 0.211 e. The summed E-state index contributed by atoms with van der Waals surface area (Å²) in [7, 11) is -4.16.